The lowest BCUT2D eigenvalue weighted by molar-refractivity contribution is 0.318. The van der Waals surface area contributed by atoms with E-state index in [4.69, 9.17) is 31.7 Å². The molecule has 0 spiro atoms. The van der Waals surface area contributed by atoms with Crippen LogP contribution in [0.15, 0.2) is 56.8 Å². The van der Waals surface area contributed by atoms with Crippen LogP contribution in [0.4, 0.5) is 5.69 Å². The number of halogens is 1. The zero-order chi connectivity index (χ0) is 25.3. The largest absolute Gasteiger partial charge is 0.481 e. The van der Waals surface area contributed by atoms with E-state index in [-0.39, 0.29) is 28.2 Å². The van der Waals surface area contributed by atoms with Crippen molar-refractivity contribution in [3.8, 4) is 17.3 Å². The van der Waals surface area contributed by atoms with E-state index in [0.717, 1.165) is 11.1 Å². The highest BCUT2D eigenvalue weighted by Crippen LogP contribution is 2.32. The van der Waals surface area contributed by atoms with Crippen molar-refractivity contribution in [1.29, 1.82) is 0 Å². The average Bonchev–Trinajstić information content (AvgIpc) is 2.86. The van der Waals surface area contributed by atoms with Gasteiger partial charge in [-0.15, -0.1) is 0 Å². The monoisotopic (exact) mass is 493 g/mol. The number of aromatic nitrogens is 2. The number of hydrogen-bond acceptors (Lipinski definition) is 8. The average molecular weight is 494 g/mol. The van der Waals surface area contributed by atoms with Gasteiger partial charge in [0.15, 0.2) is 17.0 Å². The second kappa shape index (κ2) is 9.63. The summed E-state index contributed by atoms with van der Waals surface area (Å²) in [5, 5.41) is 16.2. The molecule has 10 heteroatoms. The van der Waals surface area contributed by atoms with Crippen molar-refractivity contribution >= 4 is 34.1 Å². The van der Waals surface area contributed by atoms with Crippen molar-refractivity contribution in [2.45, 2.75) is 26.8 Å². The lowest BCUT2D eigenvalue weighted by Crippen LogP contribution is -2.19. The van der Waals surface area contributed by atoms with E-state index < -0.39 is 0 Å². The maximum absolute atomic E-state index is 13.4. The topological polar surface area (TPSA) is 136 Å². The van der Waals surface area contributed by atoms with Gasteiger partial charge >= 0.3 is 0 Å². The third-order valence-electron chi connectivity index (χ3n) is 5.61. The molecule has 0 aliphatic heterocycles. The number of anilines is 1. The minimum Gasteiger partial charge on any atom is -0.481 e. The normalized spacial score (nSPS) is 12.5. The van der Waals surface area contributed by atoms with Crippen LogP contribution in [0.5, 0.6) is 5.88 Å². The van der Waals surface area contributed by atoms with E-state index in [1.54, 1.807) is 43.3 Å². The van der Waals surface area contributed by atoms with Gasteiger partial charge in [-0.2, -0.15) is 0 Å². The number of pyridine rings is 2. The second-order valence-corrected chi connectivity index (χ2v) is 8.45. The number of ether oxygens (including phenoxy) is 1. The summed E-state index contributed by atoms with van der Waals surface area (Å²) in [6, 6.07) is 11.9. The quantitative estimate of drug-likeness (QED) is 0.115. The number of hydrogen-bond donors (Lipinski definition) is 3. The van der Waals surface area contributed by atoms with Crippen molar-refractivity contribution in [3.05, 3.63) is 80.2 Å². The molecule has 1 atom stereocenters. The molecular weight excluding hydrogens is 470 g/mol. The zero-order valence-corrected chi connectivity index (χ0v) is 20.3. The van der Waals surface area contributed by atoms with Gasteiger partial charge in [-0.05, 0) is 50.6 Å². The fourth-order valence-electron chi connectivity index (χ4n) is 3.89. The van der Waals surface area contributed by atoms with E-state index in [2.05, 4.69) is 20.4 Å². The summed E-state index contributed by atoms with van der Waals surface area (Å²) >= 11 is 6.00. The molecule has 3 aromatic heterocycles. The molecular formula is C25H24ClN5O4. The summed E-state index contributed by atoms with van der Waals surface area (Å²) in [6.07, 6.45) is 0. The van der Waals surface area contributed by atoms with Gasteiger partial charge in [0.25, 0.3) is 0 Å². The number of nitrogens with zero attached hydrogens (tertiary/aromatic N) is 3. The Balaban J connectivity index is 1.88. The molecule has 4 rings (SSSR count). The van der Waals surface area contributed by atoms with E-state index in [0.29, 0.717) is 39.6 Å². The number of nitrogens with two attached hydrogens (primary N) is 1. The van der Waals surface area contributed by atoms with Crippen molar-refractivity contribution in [1.82, 2.24) is 9.97 Å². The van der Waals surface area contributed by atoms with Gasteiger partial charge in [0, 0.05) is 17.2 Å². The van der Waals surface area contributed by atoms with E-state index in [1.807, 2.05) is 19.9 Å². The first kappa shape index (κ1) is 24.0. The minimum absolute atomic E-state index is 0.145. The molecule has 180 valence electrons. The number of nitrogens with one attached hydrogen (secondary N) is 1. The second-order valence-electron chi connectivity index (χ2n) is 8.06. The van der Waals surface area contributed by atoms with Gasteiger partial charge in [0.1, 0.15) is 22.1 Å². The number of rotatable bonds is 6. The standard InChI is InChI=1S/C25H24ClN5O4/c1-12-10-15(14(3)28-17-8-9-19(26)30-21(17)25(27)31-33)24-16(11-12)22(32)13(2)23(35-24)18-6-5-7-20(29-18)34-4/h5-11,14,28,33H,1-4H3,(H2,27,31)/t14-/m1/s1. The van der Waals surface area contributed by atoms with Gasteiger partial charge in [0.2, 0.25) is 5.88 Å². The minimum atomic E-state index is -0.359. The van der Waals surface area contributed by atoms with Crippen LogP contribution in [-0.2, 0) is 0 Å². The molecule has 0 fully saturated rings. The predicted molar refractivity (Wildman–Crippen MR) is 136 cm³/mol. The number of benzene rings is 1. The Morgan fingerprint density at radius 2 is 2.00 bits per heavy atom. The Morgan fingerprint density at radius 1 is 1.23 bits per heavy atom. The predicted octanol–water partition coefficient (Wildman–Crippen LogP) is 4.80. The summed E-state index contributed by atoms with van der Waals surface area (Å²) in [5.74, 6) is 0.587. The van der Waals surface area contributed by atoms with Gasteiger partial charge in [-0.25, -0.2) is 9.97 Å². The first-order valence-electron chi connectivity index (χ1n) is 10.7. The maximum Gasteiger partial charge on any atom is 0.213 e. The fraction of sp³-hybridized carbons (Fsp3) is 0.200. The highest BCUT2D eigenvalue weighted by molar-refractivity contribution is 6.29. The number of methoxy groups -OCH3 is 1. The van der Waals surface area contributed by atoms with Crippen LogP contribution < -0.4 is 21.2 Å². The molecule has 1 aromatic carbocycles. The van der Waals surface area contributed by atoms with Crippen molar-refractivity contribution in [2.75, 3.05) is 12.4 Å². The number of oxime groups is 1. The molecule has 4 N–H and O–H groups in total. The van der Waals surface area contributed by atoms with Crippen LogP contribution >= 0.6 is 11.6 Å². The summed E-state index contributed by atoms with van der Waals surface area (Å²) in [5.41, 5.74) is 9.35. The Bertz CT molecular complexity index is 1520. The molecule has 9 nitrogen and oxygen atoms in total. The maximum atomic E-state index is 13.4. The van der Waals surface area contributed by atoms with Gasteiger partial charge in [-0.1, -0.05) is 28.9 Å². The van der Waals surface area contributed by atoms with E-state index >= 15 is 0 Å². The number of amidine groups is 1. The number of aryl methyl sites for hydroxylation is 1. The Labute approximate surface area is 206 Å². The Morgan fingerprint density at radius 3 is 2.71 bits per heavy atom. The molecule has 0 bridgehead atoms. The lowest BCUT2D eigenvalue weighted by Gasteiger charge is -2.20. The highest BCUT2D eigenvalue weighted by atomic mass is 35.5. The molecule has 0 saturated heterocycles. The van der Waals surface area contributed by atoms with Crippen molar-refractivity contribution in [2.24, 2.45) is 10.9 Å². The SMILES string of the molecule is COc1cccc(-c2oc3c([C@@H](C)Nc4ccc(Cl)nc4/C(N)=N/O)cc(C)cc3c(=O)c2C)n1. The van der Waals surface area contributed by atoms with Gasteiger partial charge in [-0.3, -0.25) is 4.79 Å². The van der Waals surface area contributed by atoms with Crippen LogP contribution in [0.2, 0.25) is 5.15 Å². The van der Waals surface area contributed by atoms with Crippen molar-refractivity contribution < 1.29 is 14.4 Å². The molecule has 0 unspecified atom stereocenters. The van der Waals surface area contributed by atoms with Crippen LogP contribution in [0.25, 0.3) is 22.4 Å². The van der Waals surface area contributed by atoms with E-state index in [1.165, 1.54) is 7.11 Å². The van der Waals surface area contributed by atoms with Crippen LogP contribution in [0, 0.1) is 13.8 Å². The molecule has 0 saturated carbocycles. The summed E-state index contributed by atoms with van der Waals surface area (Å²) < 4.78 is 11.6. The molecule has 0 aliphatic rings. The van der Waals surface area contributed by atoms with E-state index in [9.17, 15) is 4.79 Å². The lowest BCUT2D eigenvalue weighted by atomic mass is 9.99. The fourth-order valence-corrected chi connectivity index (χ4v) is 4.04. The van der Waals surface area contributed by atoms with Gasteiger partial charge < -0.3 is 25.4 Å². The summed E-state index contributed by atoms with van der Waals surface area (Å²) in [7, 11) is 1.53. The molecule has 3 heterocycles. The van der Waals surface area contributed by atoms with Crippen LogP contribution in [0.1, 0.15) is 35.3 Å². The molecule has 0 radical (unpaired) electrons. The zero-order valence-electron chi connectivity index (χ0n) is 19.6. The molecule has 0 amide bonds. The smallest absolute Gasteiger partial charge is 0.213 e. The number of fused-ring (bicyclic) bond motifs is 1. The van der Waals surface area contributed by atoms with Crippen molar-refractivity contribution in [3.63, 3.8) is 0 Å². The molecule has 4 aromatic rings. The Hall–Kier alpha value is -4.11. The Kier molecular flexibility index (Phi) is 6.61. The third-order valence-corrected chi connectivity index (χ3v) is 5.82. The van der Waals surface area contributed by atoms with Crippen LogP contribution in [0.3, 0.4) is 0 Å². The first-order valence-corrected chi connectivity index (χ1v) is 11.1. The molecule has 0 aliphatic carbocycles. The first-order chi connectivity index (χ1) is 16.7. The summed E-state index contributed by atoms with van der Waals surface area (Å²) in [4.78, 5) is 22.0. The third kappa shape index (κ3) is 4.63. The summed E-state index contributed by atoms with van der Waals surface area (Å²) in [6.45, 7) is 5.53. The highest BCUT2D eigenvalue weighted by Gasteiger charge is 2.21. The van der Waals surface area contributed by atoms with Crippen LogP contribution in [-0.4, -0.2) is 28.1 Å². The molecule has 35 heavy (non-hydrogen) atoms. The van der Waals surface area contributed by atoms with Gasteiger partial charge in [0.05, 0.1) is 24.2 Å².